The molecule has 0 saturated carbocycles. The van der Waals surface area contributed by atoms with Crippen LogP contribution in [0.3, 0.4) is 0 Å². The van der Waals surface area contributed by atoms with Gasteiger partial charge in [0.25, 0.3) is 0 Å². The van der Waals surface area contributed by atoms with Gasteiger partial charge in [0.1, 0.15) is 11.5 Å². The van der Waals surface area contributed by atoms with Crippen LogP contribution in [-0.4, -0.2) is 19.3 Å². The Morgan fingerprint density at radius 1 is 1.13 bits per heavy atom. The number of furan rings is 1. The molecular weight excluding hydrogens is 314 g/mol. The minimum Gasteiger partial charge on any atom is -0.465 e. The van der Waals surface area contributed by atoms with E-state index in [0.29, 0.717) is 24.7 Å². The van der Waals surface area contributed by atoms with Gasteiger partial charge in [0.15, 0.2) is 0 Å². The Hall–Kier alpha value is -1.63. The van der Waals surface area contributed by atoms with E-state index in [1.54, 1.807) is 16.4 Å². The summed E-state index contributed by atoms with van der Waals surface area (Å²) in [7, 11) is -3.53. The third kappa shape index (κ3) is 2.51. The number of aryl methyl sites for hydroxylation is 1. The van der Waals surface area contributed by atoms with Gasteiger partial charge >= 0.3 is 0 Å². The average Bonchev–Trinajstić information content (AvgIpc) is 3.26. The van der Waals surface area contributed by atoms with Crippen LogP contribution in [0.2, 0.25) is 0 Å². The molecule has 2 aliphatic heterocycles. The lowest BCUT2D eigenvalue weighted by Crippen LogP contribution is -2.30. The SMILES string of the molecule is Cc1ccc([C@@H]2CCCN2S(=O)(=O)c2ccc3c(c2)COC3)o1. The molecule has 6 heteroatoms. The number of ether oxygens (including phenoxy) is 1. The van der Waals surface area contributed by atoms with Gasteiger partial charge in [-0.25, -0.2) is 8.42 Å². The van der Waals surface area contributed by atoms with Gasteiger partial charge in [-0.2, -0.15) is 4.31 Å². The van der Waals surface area contributed by atoms with Crippen molar-refractivity contribution in [2.75, 3.05) is 6.54 Å². The summed E-state index contributed by atoms with van der Waals surface area (Å²) in [5.41, 5.74) is 2.04. The van der Waals surface area contributed by atoms with Crippen molar-refractivity contribution in [2.45, 2.75) is 43.9 Å². The molecule has 2 aliphatic rings. The fourth-order valence-corrected chi connectivity index (χ4v) is 5.10. The second-order valence-corrected chi connectivity index (χ2v) is 8.04. The number of sulfonamides is 1. The molecule has 1 fully saturated rings. The predicted octanol–water partition coefficient (Wildman–Crippen LogP) is 3.14. The molecule has 1 saturated heterocycles. The molecule has 0 unspecified atom stereocenters. The Balaban J connectivity index is 1.70. The van der Waals surface area contributed by atoms with E-state index in [4.69, 9.17) is 9.15 Å². The van der Waals surface area contributed by atoms with Crippen molar-refractivity contribution >= 4 is 10.0 Å². The molecule has 0 aliphatic carbocycles. The van der Waals surface area contributed by atoms with Crippen molar-refractivity contribution in [1.82, 2.24) is 4.31 Å². The van der Waals surface area contributed by atoms with E-state index in [0.717, 1.165) is 35.5 Å². The summed E-state index contributed by atoms with van der Waals surface area (Å²) < 4.78 is 38.8. The van der Waals surface area contributed by atoms with Gasteiger partial charge < -0.3 is 9.15 Å². The molecule has 122 valence electrons. The Labute approximate surface area is 135 Å². The number of benzene rings is 1. The van der Waals surface area contributed by atoms with Crippen molar-refractivity contribution in [3.8, 4) is 0 Å². The van der Waals surface area contributed by atoms with Crippen LogP contribution in [0.4, 0.5) is 0 Å². The quantitative estimate of drug-likeness (QED) is 0.866. The predicted molar refractivity (Wildman–Crippen MR) is 84.2 cm³/mol. The summed E-state index contributed by atoms with van der Waals surface area (Å²) in [6.07, 6.45) is 1.64. The van der Waals surface area contributed by atoms with Crippen LogP contribution in [-0.2, 0) is 28.0 Å². The van der Waals surface area contributed by atoms with Gasteiger partial charge in [0.05, 0.1) is 24.2 Å². The highest BCUT2D eigenvalue weighted by Gasteiger charge is 2.38. The first kappa shape index (κ1) is 14.9. The summed E-state index contributed by atoms with van der Waals surface area (Å²) in [5.74, 6) is 1.53. The minimum atomic E-state index is -3.53. The van der Waals surface area contributed by atoms with E-state index >= 15 is 0 Å². The Bertz CT molecular complexity index is 840. The third-order valence-corrected chi connectivity index (χ3v) is 6.50. The van der Waals surface area contributed by atoms with E-state index in [-0.39, 0.29) is 6.04 Å². The lowest BCUT2D eigenvalue weighted by Gasteiger charge is -2.23. The fraction of sp³-hybridized carbons (Fsp3) is 0.412. The zero-order valence-electron chi connectivity index (χ0n) is 13.0. The first-order valence-corrected chi connectivity index (χ1v) is 9.27. The van der Waals surface area contributed by atoms with Gasteiger partial charge in [-0.3, -0.25) is 0 Å². The number of fused-ring (bicyclic) bond motifs is 1. The molecule has 2 aromatic rings. The number of nitrogens with zero attached hydrogens (tertiary/aromatic N) is 1. The third-order valence-electron chi connectivity index (χ3n) is 4.59. The number of hydrogen-bond donors (Lipinski definition) is 0. The molecule has 0 spiro atoms. The first-order chi connectivity index (χ1) is 11.1. The van der Waals surface area contributed by atoms with E-state index < -0.39 is 10.0 Å². The first-order valence-electron chi connectivity index (χ1n) is 7.83. The largest absolute Gasteiger partial charge is 0.465 e. The summed E-state index contributed by atoms with van der Waals surface area (Å²) in [4.78, 5) is 0.344. The van der Waals surface area contributed by atoms with Crippen LogP contribution in [0.15, 0.2) is 39.6 Å². The van der Waals surface area contributed by atoms with E-state index in [9.17, 15) is 8.42 Å². The van der Waals surface area contributed by atoms with Crippen molar-refractivity contribution in [3.63, 3.8) is 0 Å². The molecule has 4 rings (SSSR count). The molecule has 1 aromatic carbocycles. The summed E-state index contributed by atoms with van der Waals surface area (Å²) >= 11 is 0. The van der Waals surface area contributed by atoms with Gasteiger partial charge in [-0.1, -0.05) is 6.07 Å². The standard InChI is InChI=1S/C17H19NO4S/c1-12-4-7-17(22-12)16-3-2-8-18(16)23(19,20)15-6-5-13-10-21-11-14(13)9-15/h4-7,9,16H,2-3,8,10-11H2,1H3/t16-/m0/s1. The fourth-order valence-electron chi connectivity index (χ4n) is 3.39. The van der Waals surface area contributed by atoms with Crippen molar-refractivity contribution < 1.29 is 17.6 Å². The summed E-state index contributed by atoms with van der Waals surface area (Å²) in [6, 6.07) is 8.84. The van der Waals surface area contributed by atoms with Crippen LogP contribution in [0.25, 0.3) is 0 Å². The molecule has 0 N–H and O–H groups in total. The molecule has 1 aromatic heterocycles. The molecule has 3 heterocycles. The molecule has 23 heavy (non-hydrogen) atoms. The molecular formula is C17H19NO4S. The Kier molecular flexibility index (Phi) is 3.55. The minimum absolute atomic E-state index is 0.210. The maximum Gasteiger partial charge on any atom is 0.243 e. The second kappa shape index (κ2) is 5.47. The van der Waals surface area contributed by atoms with Crippen LogP contribution in [0, 0.1) is 6.92 Å². The van der Waals surface area contributed by atoms with Gasteiger partial charge in [-0.05, 0) is 55.2 Å². The van der Waals surface area contributed by atoms with Crippen LogP contribution in [0.1, 0.15) is 41.5 Å². The molecule has 0 radical (unpaired) electrons. The maximum absolute atomic E-state index is 13.1. The van der Waals surface area contributed by atoms with Crippen LogP contribution >= 0.6 is 0 Å². The van der Waals surface area contributed by atoms with Crippen molar-refractivity contribution in [3.05, 3.63) is 53.0 Å². The molecule has 1 atom stereocenters. The monoisotopic (exact) mass is 333 g/mol. The zero-order chi connectivity index (χ0) is 16.0. The molecule has 0 bridgehead atoms. The van der Waals surface area contributed by atoms with Gasteiger partial charge in [0.2, 0.25) is 10.0 Å². The van der Waals surface area contributed by atoms with Crippen molar-refractivity contribution in [2.24, 2.45) is 0 Å². The van der Waals surface area contributed by atoms with Crippen LogP contribution in [0.5, 0.6) is 0 Å². The van der Waals surface area contributed by atoms with Crippen molar-refractivity contribution in [1.29, 1.82) is 0 Å². The van der Waals surface area contributed by atoms with E-state index in [1.165, 1.54) is 0 Å². The second-order valence-electron chi connectivity index (χ2n) is 6.15. The van der Waals surface area contributed by atoms with E-state index in [1.807, 2.05) is 25.1 Å². The summed E-state index contributed by atoms with van der Waals surface area (Å²) in [6.45, 7) is 3.45. The molecule has 5 nitrogen and oxygen atoms in total. The van der Waals surface area contributed by atoms with Gasteiger partial charge in [-0.15, -0.1) is 0 Å². The van der Waals surface area contributed by atoms with Gasteiger partial charge in [0, 0.05) is 6.54 Å². The smallest absolute Gasteiger partial charge is 0.243 e. The maximum atomic E-state index is 13.1. The Morgan fingerprint density at radius 2 is 1.96 bits per heavy atom. The highest BCUT2D eigenvalue weighted by molar-refractivity contribution is 7.89. The van der Waals surface area contributed by atoms with E-state index in [2.05, 4.69) is 0 Å². The normalized spacial score (nSPS) is 21.7. The summed E-state index contributed by atoms with van der Waals surface area (Å²) in [5, 5.41) is 0. The average molecular weight is 333 g/mol. The van der Waals surface area contributed by atoms with Crippen LogP contribution < -0.4 is 0 Å². The highest BCUT2D eigenvalue weighted by Crippen LogP contribution is 2.37. The highest BCUT2D eigenvalue weighted by atomic mass is 32.2. The lowest BCUT2D eigenvalue weighted by molar-refractivity contribution is 0.134. The lowest BCUT2D eigenvalue weighted by atomic mass is 10.1. The number of hydrogen-bond acceptors (Lipinski definition) is 4. The topological polar surface area (TPSA) is 59.8 Å². The Morgan fingerprint density at radius 3 is 2.74 bits per heavy atom. The molecule has 0 amide bonds. The zero-order valence-corrected chi connectivity index (χ0v) is 13.8. The number of rotatable bonds is 3.